The Kier molecular flexibility index (Phi) is 7.19. The number of nitrogens with zero attached hydrogens (tertiary/aromatic N) is 3. The van der Waals surface area contributed by atoms with Gasteiger partial charge in [-0.3, -0.25) is 19.8 Å². The minimum absolute atomic E-state index is 0.0674. The van der Waals surface area contributed by atoms with Gasteiger partial charge in [-0.15, -0.1) is 0 Å². The highest BCUT2D eigenvalue weighted by molar-refractivity contribution is 9.10. The van der Waals surface area contributed by atoms with Gasteiger partial charge in [0.05, 0.1) is 16.8 Å². The summed E-state index contributed by atoms with van der Waals surface area (Å²) in [6, 6.07) is 14.9. The molecule has 0 bridgehead atoms. The Balaban J connectivity index is 1.57. The van der Waals surface area contributed by atoms with Crippen LogP contribution in [0.25, 0.3) is 10.9 Å². The highest BCUT2D eigenvalue weighted by Gasteiger charge is 2.35. The first kappa shape index (κ1) is 23.5. The molecule has 3 aromatic rings. The van der Waals surface area contributed by atoms with Crippen LogP contribution in [0.3, 0.4) is 0 Å². The Labute approximate surface area is 204 Å². The van der Waals surface area contributed by atoms with Gasteiger partial charge >= 0.3 is 0 Å². The van der Waals surface area contributed by atoms with Crippen LogP contribution in [0.1, 0.15) is 25.8 Å². The summed E-state index contributed by atoms with van der Waals surface area (Å²) < 4.78 is 2.06. The van der Waals surface area contributed by atoms with Gasteiger partial charge in [0.2, 0.25) is 11.8 Å². The zero-order chi connectivity index (χ0) is 23.5. The minimum atomic E-state index is -0.531. The Hall–Kier alpha value is -2.65. The fourth-order valence-electron chi connectivity index (χ4n) is 3.68. The number of rotatable bonds is 7. The second-order valence-electron chi connectivity index (χ2n) is 8.54. The van der Waals surface area contributed by atoms with Crippen LogP contribution in [-0.2, 0) is 16.1 Å². The van der Waals surface area contributed by atoms with Crippen molar-refractivity contribution in [3.8, 4) is 0 Å². The summed E-state index contributed by atoms with van der Waals surface area (Å²) in [6.07, 6.45) is 0.121. The van der Waals surface area contributed by atoms with E-state index in [0.717, 1.165) is 15.8 Å². The summed E-state index contributed by atoms with van der Waals surface area (Å²) in [7, 11) is 0. The van der Waals surface area contributed by atoms with E-state index in [1.54, 1.807) is 23.1 Å². The lowest BCUT2D eigenvalue weighted by molar-refractivity contribution is -0.128. The number of amides is 2. The molecule has 2 heterocycles. The number of halogens is 1. The van der Waals surface area contributed by atoms with Crippen LogP contribution in [0.2, 0.25) is 0 Å². The fourth-order valence-corrected chi connectivity index (χ4v) is 4.93. The largest absolute Gasteiger partial charge is 0.338 e. The molecule has 2 amide bonds. The third-order valence-electron chi connectivity index (χ3n) is 5.37. The molecule has 1 aliphatic rings. The van der Waals surface area contributed by atoms with Crippen LogP contribution < -0.4 is 11.0 Å². The minimum Gasteiger partial charge on any atom is -0.338 e. The van der Waals surface area contributed by atoms with E-state index >= 15 is 0 Å². The fraction of sp³-hybridized carbons (Fsp3) is 0.333. The topological polar surface area (TPSA) is 84.3 Å². The first-order valence-corrected chi connectivity index (χ1v) is 12.6. The molecule has 0 spiro atoms. The molecule has 1 atom stereocenters. The lowest BCUT2D eigenvalue weighted by Gasteiger charge is -2.18. The monoisotopic (exact) mass is 528 g/mol. The number of hydrogen-bond donors (Lipinski definition) is 1. The number of thioether (sulfide) groups is 1. The third-order valence-corrected chi connectivity index (χ3v) is 7.23. The summed E-state index contributed by atoms with van der Waals surface area (Å²) >= 11 is 4.84. The Morgan fingerprint density at radius 2 is 1.97 bits per heavy atom. The maximum atomic E-state index is 13.2. The molecule has 1 aromatic heterocycles. The quantitative estimate of drug-likeness (QED) is 0.369. The summed E-state index contributed by atoms with van der Waals surface area (Å²) in [4.78, 5) is 45.2. The Morgan fingerprint density at radius 3 is 2.70 bits per heavy atom. The number of carbonyl (C=O) groups is 2. The molecule has 1 N–H and O–H groups in total. The van der Waals surface area contributed by atoms with E-state index in [9.17, 15) is 14.4 Å². The van der Waals surface area contributed by atoms with E-state index in [0.29, 0.717) is 35.1 Å². The van der Waals surface area contributed by atoms with Crippen molar-refractivity contribution < 1.29 is 9.59 Å². The highest BCUT2D eigenvalue weighted by Crippen LogP contribution is 2.24. The summed E-state index contributed by atoms with van der Waals surface area (Å²) in [5.74, 6) is 0.173. The number of fused-ring (bicyclic) bond motifs is 1. The van der Waals surface area contributed by atoms with Crippen LogP contribution in [0.5, 0.6) is 0 Å². The number of benzene rings is 2. The van der Waals surface area contributed by atoms with Crippen molar-refractivity contribution in [2.24, 2.45) is 11.8 Å². The lowest BCUT2D eigenvalue weighted by atomic mass is 10.1. The zero-order valence-corrected chi connectivity index (χ0v) is 20.9. The van der Waals surface area contributed by atoms with Crippen LogP contribution in [0, 0.1) is 11.8 Å². The SMILES string of the molecule is CC(C)CSc1nc2cc(Br)ccc2c(=O)n1NC(=O)C1CC(=O)N(Cc2ccccc2)C1. The first-order valence-electron chi connectivity index (χ1n) is 10.8. The molecule has 4 rings (SSSR count). The number of nitrogens with one attached hydrogen (secondary N) is 1. The van der Waals surface area contributed by atoms with Gasteiger partial charge in [0, 0.05) is 29.7 Å². The molecule has 33 heavy (non-hydrogen) atoms. The molecule has 1 fully saturated rings. The number of hydrogen-bond acceptors (Lipinski definition) is 5. The molecule has 0 aliphatic carbocycles. The highest BCUT2D eigenvalue weighted by atomic mass is 79.9. The summed E-state index contributed by atoms with van der Waals surface area (Å²) in [5, 5.41) is 0.846. The van der Waals surface area contributed by atoms with E-state index in [-0.39, 0.29) is 23.8 Å². The van der Waals surface area contributed by atoms with Gasteiger partial charge in [0.25, 0.3) is 5.56 Å². The van der Waals surface area contributed by atoms with Gasteiger partial charge in [0.1, 0.15) is 0 Å². The van der Waals surface area contributed by atoms with Crippen LogP contribution in [-0.4, -0.2) is 38.7 Å². The second-order valence-corrected chi connectivity index (χ2v) is 10.4. The maximum absolute atomic E-state index is 13.2. The molecule has 7 nitrogen and oxygen atoms in total. The molecule has 2 aromatic carbocycles. The van der Waals surface area contributed by atoms with Gasteiger partial charge in [-0.1, -0.05) is 71.9 Å². The zero-order valence-electron chi connectivity index (χ0n) is 18.5. The van der Waals surface area contributed by atoms with E-state index < -0.39 is 5.92 Å². The molecular weight excluding hydrogens is 504 g/mol. The van der Waals surface area contributed by atoms with Gasteiger partial charge in [0.15, 0.2) is 5.16 Å². The van der Waals surface area contributed by atoms with E-state index in [1.165, 1.54) is 16.4 Å². The second kappa shape index (κ2) is 10.1. The van der Waals surface area contributed by atoms with Crippen LogP contribution in [0.4, 0.5) is 0 Å². The molecular formula is C24H25BrN4O3S. The van der Waals surface area contributed by atoms with Crippen molar-refractivity contribution in [3.05, 3.63) is 68.9 Å². The molecule has 0 saturated carbocycles. The predicted molar refractivity (Wildman–Crippen MR) is 134 cm³/mol. The van der Waals surface area contributed by atoms with Crippen LogP contribution in [0.15, 0.2) is 63.0 Å². The molecule has 1 unspecified atom stereocenters. The summed E-state index contributed by atoms with van der Waals surface area (Å²) in [6.45, 7) is 4.94. The molecule has 1 saturated heterocycles. The van der Waals surface area contributed by atoms with Gasteiger partial charge in [-0.2, -0.15) is 4.68 Å². The van der Waals surface area contributed by atoms with Crippen molar-refractivity contribution in [1.29, 1.82) is 0 Å². The standard InChI is InChI=1S/C24H25BrN4O3S/c1-15(2)14-33-24-26-20-11-18(25)8-9-19(20)23(32)29(24)27-22(31)17-10-21(30)28(13-17)12-16-6-4-3-5-7-16/h3-9,11,15,17H,10,12-14H2,1-2H3,(H,27,31). The van der Waals surface area contributed by atoms with Crippen LogP contribution >= 0.6 is 27.7 Å². The van der Waals surface area contributed by atoms with Crippen molar-refractivity contribution in [2.75, 3.05) is 17.7 Å². The van der Waals surface area contributed by atoms with Crippen molar-refractivity contribution in [3.63, 3.8) is 0 Å². The number of aromatic nitrogens is 2. The molecule has 9 heteroatoms. The van der Waals surface area contributed by atoms with Gasteiger partial charge < -0.3 is 4.90 Å². The molecule has 0 radical (unpaired) electrons. The van der Waals surface area contributed by atoms with Crippen molar-refractivity contribution >= 4 is 50.4 Å². The predicted octanol–water partition coefficient (Wildman–Crippen LogP) is 4.03. The number of likely N-dealkylation sites (tertiary alicyclic amines) is 1. The van der Waals surface area contributed by atoms with Crippen molar-refractivity contribution in [1.82, 2.24) is 14.6 Å². The van der Waals surface area contributed by atoms with E-state index in [1.807, 2.05) is 30.3 Å². The molecule has 1 aliphatic heterocycles. The molecule has 172 valence electrons. The maximum Gasteiger partial charge on any atom is 0.281 e. The van der Waals surface area contributed by atoms with Gasteiger partial charge in [-0.25, -0.2) is 4.98 Å². The Morgan fingerprint density at radius 1 is 1.21 bits per heavy atom. The summed E-state index contributed by atoms with van der Waals surface area (Å²) in [5.41, 5.74) is 3.99. The smallest absolute Gasteiger partial charge is 0.281 e. The third kappa shape index (κ3) is 5.47. The van der Waals surface area contributed by atoms with Gasteiger partial charge in [-0.05, 0) is 29.7 Å². The average Bonchev–Trinajstić information content (AvgIpc) is 3.15. The number of carbonyl (C=O) groups excluding carboxylic acids is 2. The average molecular weight is 529 g/mol. The van der Waals surface area contributed by atoms with Crippen molar-refractivity contribution in [2.45, 2.75) is 32.0 Å². The first-order chi connectivity index (χ1) is 15.8. The Bertz CT molecular complexity index is 1250. The normalized spacial score (nSPS) is 16.1. The van der Waals surface area contributed by atoms with E-state index in [4.69, 9.17) is 0 Å². The van der Waals surface area contributed by atoms with E-state index in [2.05, 4.69) is 40.2 Å². The lowest BCUT2D eigenvalue weighted by Crippen LogP contribution is -2.39.